The fraction of sp³-hybridized carbons (Fsp3) is 0.722. The molecular formula is C36H54F2O2. The third-order valence-corrected chi connectivity index (χ3v) is 10.00. The molecule has 0 bridgehead atoms. The Morgan fingerprint density at radius 3 is 2.40 bits per heavy atom. The van der Waals surface area contributed by atoms with E-state index in [1.807, 2.05) is 6.92 Å². The first-order valence-electron chi connectivity index (χ1n) is 16.6. The highest BCUT2D eigenvalue weighted by atomic mass is 19.2. The molecule has 2 nitrogen and oxygen atoms in total. The van der Waals surface area contributed by atoms with Crippen molar-refractivity contribution in [3.63, 3.8) is 0 Å². The Bertz CT molecular complexity index is 938. The molecule has 3 unspecified atom stereocenters. The molecule has 1 saturated heterocycles. The molecule has 1 saturated carbocycles. The minimum absolute atomic E-state index is 0.0256. The second-order valence-electron chi connectivity index (χ2n) is 12.8. The van der Waals surface area contributed by atoms with Crippen molar-refractivity contribution in [2.45, 2.75) is 129 Å². The predicted molar refractivity (Wildman–Crippen MR) is 163 cm³/mol. The summed E-state index contributed by atoms with van der Waals surface area (Å²) < 4.78 is 41.2. The van der Waals surface area contributed by atoms with Crippen molar-refractivity contribution >= 4 is 5.57 Å². The highest BCUT2D eigenvalue weighted by Gasteiger charge is 2.31. The van der Waals surface area contributed by atoms with Gasteiger partial charge in [0, 0.05) is 5.56 Å². The van der Waals surface area contributed by atoms with E-state index < -0.39 is 11.6 Å². The van der Waals surface area contributed by atoms with Gasteiger partial charge in [0.05, 0.1) is 19.3 Å². The Hall–Kier alpha value is -1.68. The van der Waals surface area contributed by atoms with E-state index in [0.717, 1.165) is 68.5 Å². The first-order valence-corrected chi connectivity index (χ1v) is 16.6. The monoisotopic (exact) mass is 556 g/mol. The van der Waals surface area contributed by atoms with Gasteiger partial charge in [0.15, 0.2) is 11.6 Å². The molecule has 224 valence electrons. The van der Waals surface area contributed by atoms with Crippen LogP contribution in [0.4, 0.5) is 8.78 Å². The van der Waals surface area contributed by atoms with Crippen molar-refractivity contribution in [1.29, 1.82) is 0 Å². The molecule has 0 amide bonds. The van der Waals surface area contributed by atoms with Crippen molar-refractivity contribution in [1.82, 2.24) is 0 Å². The molecule has 40 heavy (non-hydrogen) atoms. The Labute approximate surface area is 243 Å². The lowest BCUT2D eigenvalue weighted by atomic mass is 9.72. The molecule has 1 aromatic rings. The lowest BCUT2D eigenvalue weighted by Crippen LogP contribution is -2.32. The summed E-state index contributed by atoms with van der Waals surface area (Å²) >= 11 is 0. The van der Waals surface area contributed by atoms with Gasteiger partial charge >= 0.3 is 0 Å². The number of benzene rings is 1. The number of allylic oxidation sites excluding steroid dienone is 4. The molecule has 4 heteroatoms. The molecule has 3 aliphatic rings. The first kappa shape index (κ1) is 31.3. The van der Waals surface area contributed by atoms with Gasteiger partial charge in [0.2, 0.25) is 5.82 Å². The van der Waals surface area contributed by atoms with Gasteiger partial charge in [0.1, 0.15) is 0 Å². The van der Waals surface area contributed by atoms with Crippen LogP contribution in [0.3, 0.4) is 0 Å². The van der Waals surface area contributed by atoms with Crippen LogP contribution in [-0.2, 0) is 4.74 Å². The fourth-order valence-corrected chi connectivity index (χ4v) is 7.27. The maximum absolute atomic E-state index is 14.8. The van der Waals surface area contributed by atoms with Crippen LogP contribution in [0.15, 0.2) is 30.4 Å². The number of rotatable bonds is 14. The maximum Gasteiger partial charge on any atom is 0.201 e. The van der Waals surface area contributed by atoms with Crippen LogP contribution >= 0.6 is 0 Å². The summed E-state index contributed by atoms with van der Waals surface area (Å²) in [7, 11) is 0. The van der Waals surface area contributed by atoms with Gasteiger partial charge in [-0.1, -0.05) is 57.3 Å². The standard InChI is InChI=1S/C36H54F2O2/c1-3-5-7-8-9-10-27-11-16-29(17-12-27)31-20-22-32(40-26-31)21-15-28-13-18-30(19-14-28)33-23-24-34(36(38)35(33)37)39-25-6-4-2/h3,5,18,23-24,27-29,31-32H,4,6-17,19-22,25-26H2,1-2H3. The van der Waals surface area contributed by atoms with Crippen molar-refractivity contribution in [2.24, 2.45) is 23.7 Å². The van der Waals surface area contributed by atoms with Crippen molar-refractivity contribution in [3.05, 3.63) is 47.6 Å². The topological polar surface area (TPSA) is 18.5 Å². The number of ether oxygens (including phenoxy) is 2. The predicted octanol–water partition coefficient (Wildman–Crippen LogP) is 10.8. The lowest BCUT2D eigenvalue weighted by molar-refractivity contribution is -0.0443. The van der Waals surface area contributed by atoms with E-state index in [0.29, 0.717) is 24.2 Å². The highest BCUT2D eigenvalue weighted by molar-refractivity contribution is 5.67. The zero-order valence-corrected chi connectivity index (χ0v) is 25.3. The average molecular weight is 557 g/mol. The second-order valence-corrected chi connectivity index (χ2v) is 12.8. The summed E-state index contributed by atoms with van der Waals surface area (Å²) in [5.74, 6) is 1.63. The summed E-state index contributed by atoms with van der Waals surface area (Å²) in [5, 5.41) is 0. The maximum atomic E-state index is 14.8. The average Bonchev–Trinajstić information content (AvgIpc) is 2.99. The summed E-state index contributed by atoms with van der Waals surface area (Å²) in [6.07, 6.45) is 27.5. The summed E-state index contributed by atoms with van der Waals surface area (Å²) in [6.45, 7) is 5.54. The molecule has 4 rings (SSSR count). The van der Waals surface area contributed by atoms with Crippen LogP contribution in [0.1, 0.15) is 129 Å². The van der Waals surface area contributed by atoms with E-state index in [2.05, 4.69) is 25.2 Å². The van der Waals surface area contributed by atoms with Gasteiger partial charge in [-0.05, 0) is 125 Å². The lowest BCUT2D eigenvalue weighted by Gasteiger charge is -2.38. The van der Waals surface area contributed by atoms with Crippen LogP contribution in [0, 0.1) is 35.3 Å². The van der Waals surface area contributed by atoms with Gasteiger partial charge in [-0.2, -0.15) is 4.39 Å². The molecule has 2 aliphatic carbocycles. The molecule has 0 N–H and O–H groups in total. The summed E-state index contributed by atoms with van der Waals surface area (Å²) in [4.78, 5) is 0. The number of unbranched alkanes of at least 4 members (excludes halogenated alkanes) is 3. The van der Waals surface area contributed by atoms with Crippen LogP contribution in [-0.4, -0.2) is 19.3 Å². The molecule has 0 radical (unpaired) electrons. The quantitative estimate of drug-likeness (QED) is 0.168. The normalized spacial score (nSPS) is 27.6. The highest BCUT2D eigenvalue weighted by Crippen LogP contribution is 2.40. The van der Waals surface area contributed by atoms with Gasteiger partial charge in [-0.15, -0.1) is 0 Å². The van der Waals surface area contributed by atoms with E-state index in [1.54, 1.807) is 12.1 Å². The van der Waals surface area contributed by atoms with Crippen LogP contribution in [0.25, 0.3) is 5.57 Å². The Balaban J connectivity index is 1.12. The summed E-state index contributed by atoms with van der Waals surface area (Å²) in [5.41, 5.74) is 1.34. The third kappa shape index (κ3) is 9.16. The SMILES string of the molecule is CC=CCCCCC1CCC(C2CCC(CCC3CC=C(c4ccc(OCCCC)c(F)c4F)CC3)OC2)CC1. The van der Waals surface area contributed by atoms with Gasteiger partial charge in [0.25, 0.3) is 0 Å². The molecule has 3 atom stereocenters. The minimum Gasteiger partial charge on any atom is -0.490 e. The Kier molecular flexibility index (Phi) is 13.0. The largest absolute Gasteiger partial charge is 0.490 e. The van der Waals surface area contributed by atoms with E-state index in [-0.39, 0.29) is 5.75 Å². The zero-order chi connectivity index (χ0) is 28.2. The fourth-order valence-electron chi connectivity index (χ4n) is 7.27. The van der Waals surface area contributed by atoms with Crippen LogP contribution < -0.4 is 4.74 Å². The number of hydrogen-bond acceptors (Lipinski definition) is 2. The van der Waals surface area contributed by atoms with Crippen LogP contribution in [0.2, 0.25) is 0 Å². The third-order valence-electron chi connectivity index (χ3n) is 10.00. The van der Waals surface area contributed by atoms with E-state index in [9.17, 15) is 8.78 Å². The first-order chi connectivity index (χ1) is 19.6. The van der Waals surface area contributed by atoms with Gasteiger partial charge in [-0.3, -0.25) is 0 Å². The molecule has 0 spiro atoms. The van der Waals surface area contributed by atoms with Crippen molar-refractivity contribution in [2.75, 3.05) is 13.2 Å². The van der Waals surface area contributed by atoms with Crippen LogP contribution in [0.5, 0.6) is 5.75 Å². The Morgan fingerprint density at radius 2 is 1.70 bits per heavy atom. The minimum atomic E-state index is -0.854. The van der Waals surface area contributed by atoms with E-state index in [4.69, 9.17) is 9.47 Å². The van der Waals surface area contributed by atoms with E-state index >= 15 is 0 Å². The van der Waals surface area contributed by atoms with Crippen molar-refractivity contribution in [3.8, 4) is 5.75 Å². The second kappa shape index (κ2) is 16.7. The molecule has 1 heterocycles. The number of hydrogen-bond donors (Lipinski definition) is 0. The molecule has 1 aliphatic heterocycles. The molecule has 2 fully saturated rings. The summed E-state index contributed by atoms with van der Waals surface area (Å²) in [6, 6.07) is 3.28. The molecule has 0 aromatic heterocycles. The van der Waals surface area contributed by atoms with E-state index in [1.165, 1.54) is 70.6 Å². The van der Waals surface area contributed by atoms with Gasteiger partial charge in [-0.25, -0.2) is 4.39 Å². The molecular weight excluding hydrogens is 502 g/mol. The zero-order valence-electron chi connectivity index (χ0n) is 25.3. The number of halogens is 2. The smallest absolute Gasteiger partial charge is 0.201 e. The molecule has 1 aromatic carbocycles. The Morgan fingerprint density at radius 1 is 0.875 bits per heavy atom. The van der Waals surface area contributed by atoms with Gasteiger partial charge < -0.3 is 9.47 Å². The van der Waals surface area contributed by atoms with Crippen molar-refractivity contribution < 1.29 is 18.3 Å².